The predicted octanol–water partition coefficient (Wildman–Crippen LogP) is -0.196. The molecule has 0 aliphatic heterocycles. The van der Waals surface area contributed by atoms with Crippen molar-refractivity contribution in [3.8, 4) is 0 Å². The van der Waals surface area contributed by atoms with Gasteiger partial charge in [-0.2, -0.15) is 5.14 Å². The van der Waals surface area contributed by atoms with Crippen molar-refractivity contribution in [1.29, 1.82) is 0 Å². The SMILES string of the molecule is COCCOCC1([S+](N)[O-])CC1. The first-order valence-corrected chi connectivity index (χ1v) is 5.15. The van der Waals surface area contributed by atoms with Gasteiger partial charge in [-0.15, -0.1) is 0 Å². The predicted molar refractivity (Wildman–Crippen MR) is 47.0 cm³/mol. The Morgan fingerprint density at radius 1 is 1.50 bits per heavy atom. The highest BCUT2D eigenvalue weighted by molar-refractivity contribution is 7.90. The summed E-state index contributed by atoms with van der Waals surface area (Å²) in [6.07, 6.45) is 1.84. The molecular formula is C7H15NO3S. The van der Waals surface area contributed by atoms with Gasteiger partial charge >= 0.3 is 0 Å². The minimum Gasteiger partial charge on any atom is -0.598 e. The first-order chi connectivity index (χ1) is 5.71. The average Bonchev–Trinajstić information content (AvgIpc) is 2.79. The molecule has 72 valence electrons. The molecule has 1 rings (SSSR count). The van der Waals surface area contributed by atoms with Crippen LogP contribution in [0, 0.1) is 0 Å². The minimum atomic E-state index is -1.24. The minimum absolute atomic E-state index is 0.228. The summed E-state index contributed by atoms with van der Waals surface area (Å²) in [5.41, 5.74) is 0. The van der Waals surface area contributed by atoms with Crippen LogP contribution in [0.4, 0.5) is 0 Å². The molecule has 0 aromatic heterocycles. The van der Waals surface area contributed by atoms with Gasteiger partial charge in [0.15, 0.2) is 4.75 Å². The average molecular weight is 193 g/mol. The molecule has 2 N–H and O–H groups in total. The Morgan fingerprint density at radius 3 is 2.58 bits per heavy atom. The molecule has 0 radical (unpaired) electrons. The molecule has 0 heterocycles. The van der Waals surface area contributed by atoms with Crippen LogP contribution in [0.25, 0.3) is 0 Å². The van der Waals surface area contributed by atoms with E-state index in [9.17, 15) is 4.55 Å². The number of nitrogens with two attached hydrogens (primary N) is 1. The van der Waals surface area contributed by atoms with Crippen LogP contribution >= 0.6 is 0 Å². The molecule has 1 aliphatic carbocycles. The van der Waals surface area contributed by atoms with Gasteiger partial charge in [-0.25, -0.2) is 0 Å². The summed E-state index contributed by atoms with van der Waals surface area (Å²) >= 11 is -1.24. The fourth-order valence-corrected chi connectivity index (χ4v) is 1.65. The summed E-state index contributed by atoms with van der Waals surface area (Å²) in [7, 11) is 1.62. The molecule has 0 aromatic rings. The van der Waals surface area contributed by atoms with Crippen LogP contribution in [0.2, 0.25) is 0 Å². The van der Waals surface area contributed by atoms with E-state index in [0.717, 1.165) is 12.8 Å². The van der Waals surface area contributed by atoms with Crippen LogP contribution in [-0.4, -0.2) is 36.2 Å². The van der Waals surface area contributed by atoms with E-state index >= 15 is 0 Å². The molecule has 1 saturated carbocycles. The van der Waals surface area contributed by atoms with Crippen molar-refractivity contribution < 1.29 is 14.0 Å². The van der Waals surface area contributed by atoms with Crippen molar-refractivity contribution in [3.05, 3.63) is 0 Å². The zero-order chi connectivity index (χ0) is 9.03. The van der Waals surface area contributed by atoms with Crippen molar-refractivity contribution in [2.75, 3.05) is 26.9 Å². The fourth-order valence-electron chi connectivity index (χ4n) is 0.943. The molecule has 0 spiro atoms. The second kappa shape index (κ2) is 4.43. The number of hydrogen-bond donors (Lipinski definition) is 1. The lowest BCUT2D eigenvalue weighted by Gasteiger charge is -2.15. The topological polar surface area (TPSA) is 67.5 Å². The maximum atomic E-state index is 11.0. The van der Waals surface area contributed by atoms with Crippen LogP contribution in [-0.2, 0) is 20.8 Å². The number of methoxy groups -OCH3 is 1. The smallest absolute Gasteiger partial charge is 0.168 e. The fraction of sp³-hybridized carbons (Fsp3) is 1.00. The van der Waals surface area contributed by atoms with Gasteiger partial charge in [-0.05, 0) is 0 Å². The Morgan fingerprint density at radius 2 is 2.17 bits per heavy atom. The Balaban J connectivity index is 2.06. The molecule has 12 heavy (non-hydrogen) atoms. The van der Waals surface area contributed by atoms with Crippen molar-refractivity contribution >= 4 is 11.4 Å². The summed E-state index contributed by atoms with van der Waals surface area (Å²) in [5.74, 6) is 0. The van der Waals surface area contributed by atoms with E-state index in [4.69, 9.17) is 14.6 Å². The van der Waals surface area contributed by atoms with Gasteiger partial charge in [-0.3, -0.25) is 0 Å². The van der Waals surface area contributed by atoms with E-state index in [1.807, 2.05) is 0 Å². The summed E-state index contributed by atoms with van der Waals surface area (Å²) in [6.45, 7) is 1.63. The highest BCUT2D eigenvalue weighted by Gasteiger charge is 2.54. The Bertz CT molecular complexity index is 139. The Hall–Kier alpha value is 0.190. The van der Waals surface area contributed by atoms with Crippen LogP contribution in [0.5, 0.6) is 0 Å². The summed E-state index contributed by atoms with van der Waals surface area (Å²) in [4.78, 5) is 0. The standard InChI is InChI=1S/C7H15NO3S/c1-10-4-5-11-6-7(2-3-7)12(8)9/h2-6,8H2,1H3. The van der Waals surface area contributed by atoms with Crippen molar-refractivity contribution in [2.24, 2.45) is 5.14 Å². The number of ether oxygens (including phenoxy) is 2. The maximum Gasteiger partial charge on any atom is 0.168 e. The second-order valence-electron chi connectivity index (χ2n) is 3.03. The summed E-state index contributed by atoms with van der Waals surface area (Å²) in [5, 5.41) is 5.31. The molecule has 0 bridgehead atoms. The van der Waals surface area contributed by atoms with Gasteiger partial charge < -0.3 is 14.0 Å². The lowest BCUT2D eigenvalue weighted by Crippen LogP contribution is -2.35. The number of hydrogen-bond acceptors (Lipinski definition) is 4. The molecule has 0 amide bonds. The molecule has 4 nitrogen and oxygen atoms in total. The molecule has 0 saturated heterocycles. The van der Waals surface area contributed by atoms with Gasteiger partial charge in [0.1, 0.15) is 0 Å². The molecule has 1 atom stereocenters. The first kappa shape index (κ1) is 10.3. The summed E-state index contributed by atoms with van der Waals surface area (Å²) < 4.78 is 20.8. The monoisotopic (exact) mass is 193 g/mol. The van der Waals surface area contributed by atoms with Crippen molar-refractivity contribution in [3.63, 3.8) is 0 Å². The Kier molecular flexibility index (Phi) is 3.79. The number of rotatable bonds is 6. The Labute approximate surface area is 75.7 Å². The lowest BCUT2D eigenvalue weighted by molar-refractivity contribution is 0.0682. The van der Waals surface area contributed by atoms with E-state index in [1.165, 1.54) is 0 Å². The van der Waals surface area contributed by atoms with E-state index in [0.29, 0.717) is 19.8 Å². The van der Waals surface area contributed by atoms with E-state index < -0.39 is 11.4 Å². The van der Waals surface area contributed by atoms with Crippen LogP contribution in [0.1, 0.15) is 12.8 Å². The lowest BCUT2D eigenvalue weighted by atomic mass is 10.4. The van der Waals surface area contributed by atoms with Crippen molar-refractivity contribution in [1.82, 2.24) is 0 Å². The third-order valence-electron chi connectivity index (χ3n) is 2.03. The largest absolute Gasteiger partial charge is 0.598 e. The summed E-state index contributed by atoms with van der Waals surface area (Å²) in [6, 6.07) is 0. The molecule has 5 heteroatoms. The highest BCUT2D eigenvalue weighted by Crippen LogP contribution is 2.42. The third kappa shape index (κ3) is 2.60. The zero-order valence-corrected chi connectivity index (χ0v) is 8.06. The quantitative estimate of drug-likeness (QED) is 0.469. The van der Waals surface area contributed by atoms with Crippen molar-refractivity contribution in [2.45, 2.75) is 17.6 Å². The molecule has 1 fully saturated rings. The molecule has 1 aliphatic rings. The van der Waals surface area contributed by atoms with Crippen LogP contribution in [0.15, 0.2) is 0 Å². The normalized spacial score (nSPS) is 22.2. The van der Waals surface area contributed by atoms with Gasteiger partial charge in [0.2, 0.25) is 0 Å². The van der Waals surface area contributed by atoms with Crippen LogP contribution < -0.4 is 5.14 Å². The zero-order valence-electron chi connectivity index (χ0n) is 7.25. The molecule has 1 unspecified atom stereocenters. The molecule has 0 aromatic carbocycles. The maximum absolute atomic E-state index is 11.0. The second-order valence-corrected chi connectivity index (χ2v) is 4.49. The van der Waals surface area contributed by atoms with E-state index in [-0.39, 0.29) is 4.75 Å². The van der Waals surface area contributed by atoms with Gasteiger partial charge in [0.05, 0.1) is 19.8 Å². The van der Waals surface area contributed by atoms with E-state index in [1.54, 1.807) is 7.11 Å². The first-order valence-electron chi connectivity index (χ1n) is 3.94. The van der Waals surface area contributed by atoms with Crippen LogP contribution in [0.3, 0.4) is 0 Å². The molecular weight excluding hydrogens is 178 g/mol. The third-order valence-corrected chi connectivity index (χ3v) is 3.41. The van der Waals surface area contributed by atoms with E-state index in [2.05, 4.69) is 0 Å². The van der Waals surface area contributed by atoms with Gasteiger partial charge in [-0.1, -0.05) is 0 Å². The van der Waals surface area contributed by atoms with Gasteiger partial charge in [0, 0.05) is 31.3 Å². The highest BCUT2D eigenvalue weighted by atomic mass is 32.2. The van der Waals surface area contributed by atoms with Gasteiger partial charge in [0.25, 0.3) is 0 Å².